The number of sulfone groups is 1. The van der Waals surface area contributed by atoms with Crippen LogP contribution in [0.15, 0.2) is 17.0 Å². The van der Waals surface area contributed by atoms with Crippen molar-refractivity contribution in [2.75, 3.05) is 56.2 Å². The van der Waals surface area contributed by atoms with Gasteiger partial charge in [0.1, 0.15) is 10.7 Å². The second-order valence-corrected chi connectivity index (χ2v) is 12.6. The molecule has 178 valence electrons. The summed E-state index contributed by atoms with van der Waals surface area (Å²) in [7, 11) is -7.61. The lowest BCUT2D eigenvalue weighted by Crippen LogP contribution is -2.44. The number of carbonyl (C=O) groups is 1. The third-order valence-electron chi connectivity index (χ3n) is 6.21. The second kappa shape index (κ2) is 9.34. The Labute approximate surface area is 187 Å². The van der Waals surface area contributed by atoms with E-state index in [1.165, 1.54) is 10.4 Å². The summed E-state index contributed by atoms with van der Waals surface area (Å²) in [5.74, 6) is -1.53. The SMILES string of the molecule is O=C1CCc2cc(S(=O)(=O)N(CCCN3CCOCC3)C3CCS(=O)(=O)C3)c(F)cc2N1. The number of aryl methyl sites for hydroxylation is 1. The zero-order chi connectivity index (χ0) is 22.9. The van der Waals surface area contributed by atoms with Crippen LogP contribution in [0.2, 0.25) is 0 Å². The Morgan fingerprint density at radius 2 is 1.97 bits per heavy atom. The highest BCUT2D eigenvalue weighted by Gasteiger charge is 2.40. The largest absolute Gasteiger partial charge is 0.379 e. The third kappa shape index (κ3) is 5.14. The number of amides is 1. The van der Waals surface area contributed by atoms with Crippen LogP contribution in [0.3, 0.4) is 0 Å². The summed E-state index contributed by atoms with van der Waals surface area (Å²) in [5.41, 5.74) is 0.830. The highest BCUT2D eigenvalue weighted by molar-refractivity contribution is 7.92. The van der Waals surface area contributed by atoms with Gasteiger partial charge in [0, 0.05) is 37.8 Å². The highest BCUT2D eigenvalue weighted by atomic mass is 32.2. The van der Waals surface area contributed by atoms with Crippen molar-refractivity contribution in [2.24, 2.45) is 0 Å². The molecule has 0 saturated carbocycles. The molecular weight excluding hydrogens is 461 g/mol. The summed E-state index contributed by atoms with van der Waals surface area (Å²) < 4.78 is 72.6. The third-order valence-corrected chi connectivity index (χ3v) is 9.93. The van der Waals surface area contributed by atoms with Gasteiger partial charge in [0.25, 0.3) is 0 Å². The molecule has 0 radical (unpaired) electrons. The lowest BCUT2D eigenvalue weighted by atomic mass is 10.0. The molecule has 2 fully saturated rings. The summed E-state index contributed by atoms with van der Waals surface area (Å²) in [6, 6.07) is 1.60. The minimum Gasteiger partial charge on any atom is -0.379 e. The molecule has 0 aromatic heterocycles. The van der Waals surface area contributed by atoms with Gasteiger partial charge in [0.15, 0.2) is 9.84 Å². The van der Waals surface area contributed by atoms with Crippen LogP contribution in [0.25, 0.3) is 0 Å². The number of rotatable bonds is 7. The molecule has 3 heterocycles. The van der Waals surface area contributed by atoms with E-state index in [0.717, 1.165) is 19.2 Å². The topological polar surface area (TPSA) is 113 Å². The number of benzene rings is 1. The zero-order valence-electron chi connectivity index (χ0n) is 17.8. The van der Waals surface area contributed by atoms with E-state index in [0.29, 0.717) is 38.2 Å². The van der Waals surface area contributed by atoms with Gasteiger partial charge < -0.3 is 10.1 Å². The summed E-state index contributed by atoms with van der Waals surface area (Å²) in [4.78, 5) is 13.3. The van der Waals surface area contributed by atoms with Gasteiger partial charge in [-0.25, -0.2) is 21.2 Å². The quantitative estimate of drug-likeness (QED) is 0.597. The van der Waals surface area contributed by atoms with Gasteiger partial charge in [-0.05, 0) is 43.5 Å². The molecule has 1 unspecified atom stereocenters. The molecule has 3 aliphatic heterocycles. The maximum Gasteiger partial charge on any atom is 0.246 e. The number of anilines is 1. The van der Waals surface area contributed by atoms with Crippen LogP contribution in [0.5, 0.6) is 0 Å². The molecule has 1 aromatic carbocycles. The van der Waals surface area contributed by atoms with Gasteiger partial charge >= 0.3 is 0 Å². The first-order valence-electron chi connectivity index (χ1n) is 10.8. The van der Waals surface area contributed by atoms with E-state index in [1.807, 2.05) is 0 Å². The van der Waals surface area contributed by atoms with Gasteiger partial charge in [0.2, 0.25) is 15.9 Å². The molecule has 4 rings (SSSR count). The minimum absolute atomic E-state index is 0.0775. The van der Waals surface area contributed by atoms with Crippen molar-refractivity contribution in [1.29, 1.82) is 0 Å². The molecular formula is C20H28FN3O6S2. The molecule has 32 heavy (non-hydrogen) atoms. The van der Waals surface area contributed by atoms with Gasteiger partial charge in [-0.15, -0.1) is 0 Å². The van der Waals surface area contributed by atoms with E-state index in [-0.39, 0.29) is 42.5 Å². The molecule has 12 heteroatoms. The first-order chi connectivity index (χ1) is 15.2. The highest BCUT2D eigenvalue weighted by Crippen LogP contribution is 2.32. The van der Waals surface area contributed by atoms with Gasteiger partial charge in [-0.3, -0.25) is 9.69 Å². The Hall–Kier alpha value is -1.60. The average molecular weight is 490 g/mol. The Morgan fingerprint density at radius 3 is 2.66 bits per heavy atom. The molecule has 2 saturated heterocycles. The molecule has 0 spiro atoms. The number of fused-ring (bicyclic) bond motifs is 1. The molecule has 1 atom stereocenters. The van der Waals surface area contributed by atoms with Crippen LogP contribution in [-0.2, 0) is 35.8 Å². The molecule has 3 aliphatic rings. The molecule has 1 amide bonds. The normalized spacial score (nSPS) is 23.8. The van der Waals surface area contributed by atoms with Crippen LogP contribution in [0.4, 0.5) is 10.1 Å². The Balaban J connectivity index is 1.59. The van der Waals surface area contributed by atoms with Gasteiger partial charge in [0.05, 0.1) is 24.7 Å². The fraction of sp³-hybridized carbons (Fsp3) is 0.650. The van der Waals surface area contributed by atoms with Crippen molar-refractivity contribution < 1.29 is 30.8 Å². The van der Waals surface area contributed by atoms with Crippen molar-refractivity contribution in [3.05, 3.63) is 23.5 Å². The van der Waals surface area contributed by atoms with Gasteiger partial charge in [-0.2, -0.15) is 4.31 Å². The Kier molecular flexibility index (Phi) is 6.87. The second-order valence-electron chi connectivity index (χ2n) is 8.47. The zero-order valence-corrected chi connectivity index (χ0v) is 19.4. The number of carbonyl (C=O) groups excluding carboxylic acids is 1. The number of nitrogens with one attached hydrogen (secondary N) is 1. The molecule has 1 N–H and O–H groups in total. The monoisotopic (exact) mass is 489 g/mol. The van der Waals surface area contributed by atoms with E-state index >= 15 is 0 Å². The minimum atomic E-state index is -4.28. The molecule has 1 aromatic rings. The Morgan fingerprint density at radius 1 is 1.22 bits per heavy atom. The van der Waals surface area contributed by atoms with Crippen LogP contribution in [0, 0.1) is 5.82 Å². The summed E-state index contributed by atoms with van der Waals surface area (Å²) in [6.07, 6.45) is 1.21. The first-order valence-corrected chi connectivity index (χ1v) is 14.1. The van der Waals surface area contributed by atoms with E-state index < -0.39 is 36.6 Å². The van der Waals surface area contributed by atoms with E-state index in [1.54, 1.807) is 0 Å². The van der Waals surface area contributed by atoms with Crippen molar-refractivity contribution in [3.8, 4) is 0 Å². The van der Waals surface area contributed by atoms with E-state index in [4.69, 9.17) is 4.74 Å². The molecule has 0 bridgehead atoms. The standard InChI is InChI=1S/C20H28FN3O6S2/c21-17-13-18-15(2-3-20(25)22-18)12-19(17)32(28,29)24(16-4-11-31(26,27)14-16)6-1-5-23-7-9-30-10-8-23/h12-13,16H,1-11,14H2,(H,22,25). The first kappa shape index (κ1) is 23.6. The lowest BCUT2D eigenvalue weighted by Gasteiger charge is -2.30. The number of nitrogens with zero attached hydrogens (tertiary/aromatic N) is 2. The van der Waals surface area contributed by atoms with Crippen molar-refractivity contribution in [3.63, 3.8) is 0 Å². The van der Waals surface area contributed by atoms with Crippen LogP contribution in [-0.4, -0.2) is 88.9 Å². The maximum atomic E-state index is 14.9. The van der Waals surface area contributed by atoms with Crippen LogP contribution < -0.4 is 5.32 Å². The number of hydrogen-bond donors (Lipinski definition) is 1. The predicted molar refractivity (Wildman–Crippen MR) is 116 cm³/mol. The van der Waals surface area contributed by atoms with Crippen molar-refractivity contribution >= 4 is 31.5 Å². The number of sulfonamides is 1. The number of halogens is 1. The van der Waals surface area contributed by atoms with Crippen LogP contribution in [0.1, 0.15) is 24.8 Å². The smallest absolute Gasteiger partial charge is 0.246 e. The number of hydrogen-bond acceptors (Lipinski definition) is 7. The van der Waals surface area contributed by atoms with E-state index in [2.05, 4.69) is 10.2 Å². The fourth-order valence-electron chi connectivity index (χ4n) is 4.48. The average Bonchev–Trinajstić information content (AvgIpc) is 3.10. The van der Waals surface area contributed by atoms with E-state index in [9.17, 15) is 26.0 Å². The predicted octanol–water partition coefficient (Wildman–Crippen LogP) is 0.611. The lowest BCUT2D eigenvalue weighted by molar-refractivity contribution is -0.116. The summed E-state index contributed by atoms with van der Waals surface area (Å²) in [5, 5.41) is 2.56. The summed E-state index contributed by atoms with van der Waals surface area (Å²) in [6.45, 7) is 3.52. The maximum absolute atomic E-state index is 14.9. The molecule has 0 aliphatic carbocycles. The number of morpholine rings is 1. The Bertz CT molecular complexity index is 1090. The fourth-order valence-corrected chi connectivity index (χ4v) is 8.10. The van der Waals surface area contributed by atoms with Crippen LogP contribution >= 0.6 is 0 Å². The van der Waals surface area contributed by atoms with Crippen molar-refractivity contribution in [2.45, 2.75) is 36.6 Å². The molecule has 9 nitrogen and oxygen atoms in total. The number of ether oxygens (including phenoxy) is 1. The summed E-state index contributed by atoms with van der Waals surface area (Å²) >= 11 is 0. The van der Waals surface area contributed by atoms with Crippen molar-refractivity contribution in [1.82, 2.24) is 9.21 Å². The van der Waals surface area contributed by atoms with Gasteiger partial charge in [-0.1, -0.05) is 0 Å².